The summed E-state index contributed by atoms with van der Waals surface area (Å²) in [4.78, 5) is 0. The molecule has 0 aliphatic heterocycles. The van der Waals surface area contributed by atoms with Crippen molar-refractivity contribution in [1.29, 1.82) is 0 Å². The number of benzene rings is 2. The SMILES string of the molecule is CC[C@H](N)c1ccccc1Oc1ccc(Cl)cc1Cl. The molecule has 1 atom stereocenters. The summed E-state index contributed by atoms with van der Waals surface area (Å²) >= 11 is 12.0. The van der Waals surface area contributed by atoms with Crippen molar-refractivity contribution in [3.05, 3.63) is 58.1 Å². The van der Waals surface area contributed by atoms with Crippen molar-refractivity contribution in [3.8, 4) is 11.5 Å². The molecule has 0 unspecified atom stereocenters. The van der Waals surface area contributed by atoms with Crippen LogP contribution in [-0.2, 0) is 0 Å². The van der Waals surface area contributed by atoms with Gasteiger partial charge in [-0.15, -0.1) is 0 Å². The van der Waals surface area contributed by atoms with Gasteiger partial charge in [0.2, 0.25) is 0 Å². The average molecular weight is 296 g/mol. The number of hydrogen-bond donors (Lipinski definition) is 1. The molecule has 0 spiro atoms. The Kier molecular flexibility index (Phi) is 4.70. The zero-order chi connectivity index (χ0) is 13.8. The van der Waals surface area contributed by atoms with Gasteiger partial charge >= 0.3 is 0 Å². The Labute approximate surface area is 123 Å². The molecule has 0 amide bonds. The molecule has 0 saturated carbocycles. The number of ether oxygens (including phenoxy) is 1. The lowest BCUT2D eigenvalue weighted by atomic mass is 10.0. The van der Waals surface area contributed by atoms with Gasteiger partial charge in [-0.25, -0.2) is 0 Å². The van der Waals surface area contributed by atoms with E-state index in [-0.39, 0.29) is 6.04 Å². The maximum atomic E-state index is 6.10. The van der Waals surface area contributed by atoms with E-state index in [1.54, 1.807) is 18.2 Å². The Morgan fingerprint density at radius 3 is 2.53 bits per heavy atom. The summed E-state index contributed by atoms with van der Waals surface area (Å²) in [6, 6.07) is 12.8. The van der Waals surface area contributed by atoms with E-state index in [0.29, 0.717) is 15.8 Å². The molecule has 19 heavy (non-hydrogen) atoms. The van der Waals surface area contributed by atoms with Crippen molar-refractivity contribution in [3.63, 3.8) is 0 Å². The van der Waals surface area contributed by atoms with Crippen LogP contribution < -0.4 is 10.5 Å². The molecule has 2 aromatic rings. The third-order valence-corrected chi connectivity index (χ3v) is 3.40. The first kappa shape index (κ1) is 14.2. The molecule has 2 N–H and O–H groups in total. The van der Waals surface area contributed by atoms with Crippen molar-refractivity contribution in [1.82, 2.24) is 0 Å². The van der Waals surface area contributed by atoms with Crippen LogP contribution in [0.15, 0.2) is 42.5 Å². The van der Waals surface area contributed by atoms with E-state index in [2.05, 4.69) is 0 Å². The highest BCUT2D eigenvalue weighted by Crippen LogP contribution is 2.34. The summed E-state index contributed by atoms with van der Waals surface area (Å²) in [5.41, 5.74) is 7.05. The third-order valence-electron chi connectivity index (χ3n) is 2.87. The van der Waals surface area contributed by atoms with Crippen LogP contribution in [0, 0.1) is 0 Å². The van der Waals surface area contributed by atoms with Crippen LogP contribution >= 0.6 is 23.2 Å². The maximum Gasteiger partial charge on any atom is 0.146 e. The predicted octanol–water partition coefficient (Wildman–Crippen LogP) is 5.20. The number of halogens is 2. The van der Waals surface area contributed by atoms with Crippen LogP contribution in [0.5, 0.6) is 11.5 Å². The fraction of sp³-hybridized carbons (Fsp3) is 0.200. The number of hydrogen-bond acceptors (Lipinski definition) is 2. The molecule has 4 heteroatoms. The van der Waals surface area contributed by atoms with Crippen molar-refractivity contribution >= 4 is 23.2 Å². The number of para-hydroxylation sites is 1. The van der Waals surface area contributed by atoms with Crippen LogP contribution in [0.25, 0.3) is 0 Å². The van der Waals surface area contributed by atoms with Gasteiger partial charge in [0.25, 0.3) is 0 Å². The Morgan fingerprint density at radius 1 is 1.11 bits per heavy atom. The monoisotopic (exact) mass is 295 g/mol. The summed E-state index contributed by atoms with van der Waals surface area (Å²) in [7, 11) is 0. The highest BCUT2D eigenvalue weighted by molar-refractivity contribution is 6.35. The predicted molar refractivity (Wildman–Crippen MR) is 80.2 cm³/mol. The van der Waals surface area contributed by atoms with Crippen LogP contribution in [0.2, 0.25) is 10.0 Å². The first-order valence-corrected chi connectivity index (χ1v) is 6.84. The third kappa shape index (κ3) is 3.41. The summed E-state index contributed by atoms with van der Waals surface area (Å²) < 4.78 is 5.85. The second-order valence-electron chi connectivity index (χ2n) is 4.23. The standard InChI is InChI=1S/C15H15Cl2NO/c1-2-13(18)11-5-3-4-6-14(11)19-15-8-7-10(16)9-12(15)17/h3-9,13H,2,18H2,1H3/t13-/m0/s1. The summed E-state index contributed by atoms with van der Waals surface area (Å²) in [6.45, 7) is 2.04. The van der Waals surface area contributed by atoms with Crippen molar-refractivity contribution in [2.45, 2.75) is 19.4 Å². The molecular formula is C15H15Cl2NO. The van der Waals surface area contributed by atoms with Gasteiger partial charge in [-0.2, -0.15) is 0 Å². The minimum atomic E-state index is -0.0534. The smallest absolute Gasteiger partial charge is 0.146 e. The molecule has 2 rings (SSSR count). The second-order valence-corrected chi connectivity index (χ2v) is 5.07. The van der Waals surface area contributed by atoms with Gasteiger partial charge < -0.3 is 10.5 Å². The van der Waals surface area contributed by atoms with Gasteiger partial charge in [-0.05, 0) is 30.7 Å². The lowest BCUT2D eigenvalue weighted by molar-refractivity contribution is 0.469. The summed E-state index contributed by atoms with van der Waals surface area (Å²) in [5, 5.41) is 1.06. The lowest BCUT2D eigenvalue weighted by Gasteiger charge is -2.16. The molecule has 0 bridgehead atoms. The topological polar surface area (TPSA) is 35.2 Å². The molecule has 2 nitrogen and oxygen atoms in total. The first-order chi connectivity index (χ1) is 9.11. The van der Waals surface area contributed by atoms with Gasteiger partial charge in [-0.3, -0.25) is 0 Å². The molecule has 0 aliphatic rings. The molecule has 0 saturated heterocycles. The largest absolute Gasteiger partial charge is 0.455 e. The molecule has 0 radical (unpaired) electrons. The van der Waals surface area contributed by atoms with Crippen molar-refractivity contribution in [2.24, 2.45) is 5.73 Å². The van der Waals surface area contributed by atoms with Crippen LogP contribution in [0.1, 0.15) is 24.9 Å². The normalized spacial score (nSPS) is 12.2. The van der Waals surface area contributed by atoms with E-state index in [1.807, 2.05) is 31.2 Å². The Hall–Kier alpha value is -1.22. The van der Waals surface area contributed by atoms with E-state index in [9.17, 15) is 0 Å². The van der Waals surface area contributed by atoms with Crippen molar-refractivity contribution < 1.29 is 4.74 Å². The van der Waals surface area contributed by atoms with E-state index in [1.165, 1.54) is 0 Å². The fourth-order valence-corrected chi connectivity index (χ4v) is 2.22. The van der Waals surface area contributed by atoms with E-state index < -0.39 is 0 Å². The van der Waals surface area contributed by atoms with Gasteiger partial charge in [0, 0.05) is 16.6 Å². The highest BCUT2D eigenvalue weighted by atomic mass is 35.5. The van der Waals surface area contributed by atoms with Crippen LogP contribution in [0.3, 0.4) is 0 Å². The molecule has 0 fully saturated rings. The Morgan fingerprint density at radius 2 is 1.84 bits per heavy atom. The number of nitrogens with two attached hydrogens (primary N) is 1. The van der Waals surface area contributed by atoms with Gasteiger partial charge in [0.15, 0.2) is 0 Å². The van der Waals surface area contributed by atoms with Crippen molar-refractivity contribution in [2.75, 3.05) is 0 Å². The molecule has 0 aliphatic carbocycles. The van der Waals surface area contributed by atoms with E-state index in [0.717, 1.165) is 17.7 Å². The van der Waals surface area contributed by atoms with Crippen LogP contribution in [-0.4, -0.2) is 0 Å². The highest BCUT2D eigenvalue weighted by Gasteiger charge is 2.12. The molecular weight excluding hydrogens is 281 g/mol. The quantitative estimate of drug-likeness (QED) is 0.842. The maximum absolute atomic E-state index is 6.10. The van der Waals surface area contributed by atoms with E-state index >= 15 is 0 Å². The molecule has 0 aromatic heterocycles. The number of rotatable bonds is 4. The zero-order valence-corrected chi connectivity index (χ0v) is 12.1. The van der Waals surface area contributed by atoms with E-state index in [4.69, 9.17) is 33.7 Å². The van der Waals surface area contributed by atoms with Gasteiger partial charge in [0.05, 0.1) is 5.02 Å². The average Bonchev–Trinajstić information content (AvgIpc) is 2.41. The molecule has 0 heterocycles. The fourth-order valence-electron chi connectivity index (χ4n) is 1.78. The first-order valence-electron chi connectivity index (χ1n) is 6.09. The molecule has 100 valence electrons. The van der Waals surface area contributed by atoms with Gasteiger partial charge in [-0.1, -0.05) is 48.3 Å². The Balaban J connectivity index is 2.33. The minimum absolute atomic E-state index is 0.0534. The molecule has 2 aromatic carbocycles. The van der Waals surface area contributed by atoms with Gasteiger partial charge in [0.1, 0.15) is 11.5 Å². The second kappa shape index (κ2) is 6.29. The Bertz CT molecular complexity index is 572. The summed E-state index contributed by atoms with van der Waals surface area (Å²) in [6.07, 6.45) is 0.842. The minimum Gasteiger partial charge on any atom is -0.455 e. The zero-order valence-electron chi connectivity index (χ0n) is 10.6. The van der Waals surface area contributed by atoms with Crippen LogP contribution in [0.4, 0.5) is 0 Å². The lowest BCUT2D eigenvalue weighted by Crippen LogP contribution is -2.09. The summed E-state index contributed by atoms with van der Waals surface area (Å²) in [5.74, 6) is 1.29.